The van der Waals surface area contributed by atoms with Gasteiger partial charge in [-0.05, 0) is 25.0 Å². The highest BCUT2D eigenvalue weighted by Gasteiger charge is 2.18. The molecule has 19 heavy (non-hydrogen) atoms. The molecule has 3 heterocycles. The summed E-state index contributed by atoms with van der Waals surface area (Å²) in [6.45, 7) is 1.76. The Kier molecular flexibility index (Phi) is 3.33. The van der Waals surface area contributed by atoms with E-state index in [-0.39, 0.29) is 5.91 Å². The summed E-state index contributed by atoms with van der Waals surface area (Å²) in [4.78, 5) is 13.9. The number of aromatic nitrogens is 4. The lowest BCUT2D eigenvalue weighted by atomic mass is 10.2. The molecule has 1 fully saturated rings. The smallest absolute Gasteiger partial charge is 0.223 e. The van der Waals surface area contributed by atoms with Gasteiger partial charge in [0.2, 0.25) is 5.91 Å². The minimum absolute atomic E-state index is 0.177. The van der Waals surface area contributed by atoms with Crippen molar-refractivity contribution in [3.05, 3.63) is 23.1 Å². The first kappa shape index (κ1) is 12.3. The molecular weight excluding hydrogens is 266 g/mol. The van der Waals surface area contributed by atoms with Gasteiger partial charge < -0.3 is 4.90 Å². The molecule has 0 spiro atoms. The molecule has 0 N–H and O–H groups in total. The summed E-state index contributed by atoms with van der Waals surface area (Å²) in [5.74, 6) is 0.848. The van der Waals surface area contributed by atoms with Crippen molar-refractivity contribution in [2.45, 2.75) is 25.7 Å². The third kappa shape index (κ3) is 2.53. The molecule has 0 saturated carbocycles. The molecule has 0 radical (unpaired) electrons. The molecule has 1 amide bonds. The first-order valence-corrected chi connectivity index (χ1v) is 6.76. The van der Waals surface area contributed by atoms with Crippen molar-refractivity contribution < 1.29 is 4.79 Å². The van der Waals surface area contributed by atoms with E-state index in [9.17, 15) is 4.79 Å². The molecule has 3 rings (SSSR count). The fourth-order valence-corrected chi connectivity index (χ4v) is 2.45. The van der Waals surface area contributed by atoms with Gasteiger partial charge in [-0.3, -0.25) is 4.79 Å². The maximum Gasteiger partial charge on any atom is 0.223 e. The number of nitrogens with zero attached hydrogens (tertiary/aromatic N) is 5. The van der Waals surface area contributed by atoms with Crippen molar-refractivity contribution in [1.82, 2.24) is 24.7 Å². The van der Waals surface area contributed by atoms with Crippen LogP contribution >= 0.6 is 11.6 Å². The van der Waals surface area contributed by atoms with E-state index in [1.165, 1.54) is 0 Å². The summed E-state index contributed by atoms with van der Waals surface area (Å²) in [6.07, 6.45) is 3.19. The predicted octanol–water partition coefficient (Wildman–Crippen LogP) is 1.33. The quantitative estimate of drug-likeness (QED) is 0.850. The summed E-state index contributed by atoms with van der Waals surface area (Å²) >= 11 is 5.85. The molecular formula is C12H14ClN5O. The number of carbonyl (C=O) groups excluding carboxylic acids is 1. The molecule has 2 aromatic rings. The average molecular weight is 280 g/mol. The lowest BCUT2D eigenvalue weighted by Crippen LogP contribution is -2.27. The molecule has 0 aromatic carbocycles. The first-order chi connectivity index (χ1) is 9.24. The van der Waals surface area contributed by atoms with Gasteiger partial charge in [-0.15, -0.1) is 10.2 Å². The van der Waals surface area contributed by atoms with Crippen LogP contribution in [0.4, 0.5) is 0 Å². The summed E-state index contributed by atoms with van der Waals surface area (Å²) in [6, 6.07) is 3.43. The number of likely N-dealkylation sites (tertiary alicyclic amines) is 1. The SMILES string of the molecule is O=C(CCc1nnc2ccc(Cl)nn12)N1CCCC1. The third-order valence-electron chi connectivity index (χ3n) is 3.32. The summed E-state index contributed by atoms with van der Waals surface area (Å²) in [5, 5.41) is 12.6. The van der Waals surface area contributed by atoms with E-state index >= 15 is 0 Å². The molecule has 0 atom stereocenters. The van der Waals surface area contributed by atoms with Crippen LogP contribution in [0.3, 0.4) is 0 Å². The van der Waals surface area contributed by atoms with Crippen LogP contribution in [0.2, 0.25) is 5.15 Å². The number of amides is 1. The fourth-order valence-electron chi connectivity index (χ4n) is 2.31. The van der Waals surface area contributed by atoms with Crippen molar-refractivity contribution in [3.8, 4) is 0 Å². The van der Waals surface area contributed by atoms with E-state index < -0.39 is 0 Å². The molecule has 100 valence electrons. The van der Waals surface area contributed by atoms with Crippen molar-refractivity contribution in [3.63, 3.8) is 0 Å². The summed E-state index contributed by atoms with van der Waals surface area (Å²) in [7, 11) is 0. The second-order valence-corrected chi connectivity index (χ2v) is 5.02. The van der Waals surface area contributed by atoms with Crippen LogP contribution in [0.15, 0.2) is 12.1 Å². The zero-order valence-electron chi connectivity index (χ0n) is 10.4. The van der Waals surface area contributed by atoms with Crippen molar-refractivity contribution in [2.75, 3.05) is 13.1 Å². The van der Waals surface area contributed by atoms with Crippen LogP contribution in [0.5, 0.6) is 0 Å². The Morgan fingerprint density at radius 1 is 1.26 bits per heavy atom. The van der Waals surface area contributed by atoms with Crippen LogP contribution in [0, 0.1) is 0 Å². The topological polar surface area (TPSA) is 63.4 Å². The van der Waals surface area contributed by atoms with Gasteiger partial charge in [-0.1, -0.05) is 11.6 Å². The zero-order chi connectivity index (χ0) is 13.2. The molecule has 1 aliphatic heterocycles. The zero-order valence-corrected chi connectivity index (χ0v) is 11.2. The van der Waals surface area contributed by atoms with E-state index in [1.54, 1.807) is 16.6 Å². The van der Waals surface area contributed by atoms with E-state index in [1.807, 2.05) is 4.90 Å². The molecule has 0 unspecified atom stereocenters. The number of carbonyl (C=O) groups is 1. The van der Waals surface area contributed by atoms with Crippen molar-refractivity contribution in [1.29, 1.82) is 0 Å². The van der Waals surface area contributed by atoms with Gasteiger partial charge in [0.25, 0.3) is 0 Å². The first-order valence-electron chi connectivity index (χ1n) is 6.38. The van der Waals surface area contributed by atoms with Gasteiger partial charge >= 0.3 is 0 Å². The van der Waals surface area contributed by atoms with Gasteiger partial charge in [-0.25, -0.2) is 0 Å². The van der Waals surface area contributed by atoms with Crippen LogP contribution in [0.25, 0.3) is 5.65 Å². The Labute approximate surface area is 115 Å². The normalized spacial score (nSPS) is 15.3. The van der Waals surface area contributed by atoms with Gasteiger partial charge in [-0.2, -0.15) is 9.61 Å². The number of fused-ring (bicyclic) bond motifs is 1. The number of halogens is 1. The van der Waals surface area contributed by atoms with E-state index in [4.69, 9.17) is 11.6 Å². The highest BCUT2D eigenvalue weighted by molar-refractivity contribution is 6.29. The molecule has 1 aliphatic rings. The van der Waals surface area contributed by atoms with Gasteiger partial charge in [0.1, 0.15) is 5.15 Å². The minimum atomic E-state index is 0.177. The van der Waals surface area contributed by atoms with Crippen molar-refractivity contribution >= 4 is 23.2 Å². The maximum atomic E-state index is 12.0. The molecule has 1 saturated heterocycles. The number of aryl methyl sites for hydroxylation is 1. The maximum absolute atomic E-state index is 12.0. The second-order valence-electron chi connectivity index (χ2n) is 4.63. The Balaban J connectivity index is 1.71. The highest BCUT2D eigenvalue weighted by Crippen LogP contribution is 2.12. The summed E-state index contributed by atoms with van der Waals surface area (Å²) < 4.78 is 1.60. The molecule has 6 nitrogen and oxygen atoms in total. The average Bonchev–Trinajstić information content (AvgIpc) is 3.05. The van der Waals surface area contributed by atoms with Gasteiger partial charge in [0.05, 0.1) is 0 Å². The van der Waals surface area contributed by atoms with Gasteiger partial charge in [0, 0.05) is 25.9 Å². The predicted molar refractivity (Wildman–Crippen MR) is 69.9 cm³/mol. The third-order valence-corrected chi connectivity index (χ3v) is 3.52. The van der Waals surface area contributed by atoms with Crippen LogP contribution in [-0.4, -0.2) is 43.7 Å². The Morgan fingerprint density at radius 3 is 2.84 bits per heavy atom. The number of hydrogen-bond acceptors (Lipinski definition) is 4. The monoisotopic (exact) mass is 279 g/mol. The van der Waals surface area contributed by atoms with Crippen LogP contribution < -0.4 is 0 Å². The van der Waals surface area contributed by atoms with E-state index in [0.29, 0.717) is 29.5 Å². The Bertz CT molecular complexity index is 605. The summed E-state index contributed by atoms with van der Waals surface area (Å²) in [5.41, 5.74) is 0.646. The molecule has 0 bridgehead atoms. The van der Waals surface area contributed by atoms with Gasteiger partial charge in [0.15, 0.2) is 11.5 Å². The standard InChI is InChI=1S/C12H14ClN5O/c13-9-3-4-10-14-15-11(18(10)16-9)5-6-12(19)17-7-1-2-8-17/h3-4H,1-2,5-8H2. The highest BCUT2D eigenvalue weighted by atomic mass is 35.5. The van der Waals surface area contributed by atoms with E-state index in [2.05, 4.69) is 15.3 Å². The molecule has 2 aromatic heterocycles. The number of hydrogen-bond donors (Lipinski definition) is 0. The van der Waals surface area contributed by atoms with E-state index in [0.717, 1.165) is 25.9 Å². The lowest BCUT2D eigenvalue weighted by molar-refractivity contribution is -0.130. The fraction of sp³-hybridized carbons (Fsp3) is 0.500. The van der Waals surface area contributed by atoms with Crippen molar-refractivity contribution in [2.24, 2.45) is 0 Å². The second kappa shape index (κ2) is 5.13. The molecule has 7 heteroatoms. The molecule has 0 aliphatic carbocycles. The van der Waals surface area contributed by atoms with Crippen LogP contribution in [-0.2, 0) is 11.2 Å². The number of rotatable bonds is 3. The largest absolute Gasteiger partial charge is 0.343 e. The lowest BCUT2D eigenvalue weighted by Gasteiger charge is -2.14. The minimum Gasteiger partial charge on any atom is -0.343 e. The Morgan fingerprint density at radius 2 is 2.05 bits per heavy atom. The van der Waals surface area contributed by atoms with Crippen LogP contribution in [0.1, 0.15) is 25.1 Å². The Hall–Kier alpha value is -1.69.